The van der Waals surface area contributed by atoms with Crippen LogP contribution in [-0.2, 0) is 19.6 Å². The van der Waals surface area contributed by atoms with Crippen LogP contribution < -0.4 is 15.4 Å². The molecule has 4 fully saturated rings. The Balaban J connectivity index is 1.49. The number of carbonyl (C=O) groups is 2. The molecule has 172 valence electrons. The minimum absolute atomic E-state index is 0.00471. The molecule has 33 heavy (non-hydrogen) atoms. The number of nitrogens with one attached hydrogen (secondary N) is 1. The number of rotatable bonds is 3. The third-order valence-corrected chi connectivity index (χ3v) is 9.06. The van der Waals surface area contributed by atoms with E-state index in [4.69, 9.17) is 5.14 Å². The third-order valence-electron chi connectivity index (χ3n) is 8.15. The van der Waals surface area contributed by atoms with Crippen molar-refractivity contribution in [2.45, 2.75) is 49.5 Å². The first-order valence-electron chi connectivity index (χ1n) is 11.6. The second-order valence-corrected chi connectivity index (χ2v) is 12.0. The molecule has 0 radical (unpaired) electrons. The first kappa shape index (κ1) is 20.9. The quantitative estimate of drug-likeness (QED) is 0.722. The van der Waals surface area contributed by atoms with Gasteiger partial charge < -0.3 is 5.32 Å². The Bertz CT molecular complexity index is 1220. The summed E-state index contributed by atoms with van der Waals surface area (Å²) in [7, 11) is -3.95. The summed E-state index contributed by atoms with van der Waals surface area (Å²) in [5.74, 6) is 1.39. The zero-order valence-corrected chi connectivity index (χ0v) is 19.1. The maximum atomic E-state index is 14.4. The number of hydrogen-bond donors (Lipinski definition) is 2. The minimum atomic E-state index is -3.95. The molecule has 1 heterocycles. The van der Waals surface area contributed by atoms with Gasteiger partial charge in [0.05, 0.1) is 21.7 Å². The molecule has 4 aliphatic carbocycles. The summed E-state index contributed by atoms with van der Waals surface area (Å²) in [4.78, 5) is 29.4. The van der Waals surface area contributed by atoms with Gasteiger partial charge in [-0.15, -0.1) is 0 Å². The van der Waals surface area contributed by atoms with E-state index in [1.165, 1.54) is 31.4 Å². The highest BCUT2D eigenvalue weighted by molar-refractivity contribution is 7.89. The molecule has 8 heteroatoms. The van der Waals surface area contributed by atoms with Crippen LogP contribution in [0.15, 0.2) is 53.4 Å². The van der Waals surface area contributed by atoms with E-state index in [-0.39, 0.29) is 16.7 Å². The number of fused-ring (bicyclic) bond motifs is 1. The van der Waals surface area contributed by atoms with Crippen molar-refractivity contribution in [3.8, 4) is 0 Å². The Morgan fingerprint density at radius 2 is 1.58 bits per heavy atom. The average molecular weight is 466 g/mol. The SMILES string of the molecule is NS(=O)(=O)c1ccc2c(c1)NC(=O)C(c1ccccc1)N2C(=O)C12CC3CC(CC(C3)C1)C2. The molecule has 7 nitrogen and oxygen atoms in total. The fraction of sp³-hybridized carbons (Fsp3) is 0.440. The van der Waals surface area contributed by atoms with Gasteiger partial charge in [-0.25, -0.2) is 13.6 Å². The van der Waals surface area contributed by atoms with Crippen molar-refractivity contribution in [1.82, 2.24) is 0 Å². The summed E-state index contributed by atoms with van der Waals surface area (Å²) < 4.78 is 23.8. The molecule has 3 N–H and O–H groups in total. The third kappa shape index (κ3) is 3.30. The van der Waals surface area contributed by atoms with E-state index in [1.807, 2.05) is 30.3 Å². The Morgan fingerprint density at radius 3 is 2.15 bits per heavy atom. The van der Waals surface area contributed by atoms with E-state index in [1.54, 1.807) is 11.0 Å². The maximum absolute atomic E-state index is 14.4. The van der Waals surface area contributed by atoms with Crippen molar-refractivity contribution >= 4 is 33.2 Å². The van der Waals surface area contributed by atoms with Gasteiger partial charge in [-0.3, -0.25) is 14.5 Å². The Hall–Kier alpha value is -2.71. The summed E-state index contributed by atoms with van der Waals surface area (Å²) in [6.07, 6.45) is 6.27. The van der Waals surface area contributed by atoms with Gasteiger partial charge in [0.25, 0.3) is 5.91 Å². The summed E-state index contributed by atoms with van der Waals surface area (Å²) in [5, 5.41) is 8.15. The normalized spacial score (nSPS) is 32.4. The number of primary sulfonamides is 1. The molecule has 2 aromatic rings. The molecule has 1 unspecified atom stereocenters. The fourth-order valence-electron chi connectivity index (χ4n) is 7.25. The van der Waals surface area contributed by atoms with Gasteiger partial charge in [0.2, 0.25) is 15.9 Å². The highest BCUT2D eigenvalue weighted by Crippen LogP contribution is 2.61. The van der Waals surface area contributed by atoms with Crippen molar-refractivity contribution in [2.24, 2.45) is 28.3 Å². The molecular formula is C25H27N3O4S. The lowest BCUT2D eigenvalue weighted by atomic mass is 9.49. The number of anilines is 2. The van der Waals surface area contributed by atoms with Crippen LogP contribution in [0.3, 0.4) is 0 Å². The summed E-state index contributed by atoms with van der Waals surface area (Å²) in [6.45, 7) is 0. The predicted octanol–water partition coefficient (Wildman–Crippen LogP) is 3.58. The molecule has 5 aliphatic rings. The summed E-state index contributed by atoms with van der Waals surface area (Å²) in [5.41, 5.74) is 1.11. The van der Waals surface area contributed by atoms with E-state index in [0.29, 0.717) is 29.1 Å². The molecule has 1 aliphatic heterocycles. The minimum Gasteiger partial charge on any atom is -0.322 e. The Morgan fingerprint density at radius 1 is 0.970 bits per heavy atom. The number of hydrogen-bond acceptors (Lipinski definition) is 4. The molecule has 4 saturated carbocycles. The molecule has 0 spiro atoms. The van der Waals surface area contributed by atoms with Crippen molar-refractivity contribution in [2.75, 3.05) is 10.2 Å². The molecule has 0 aromatic heterocycles. The number of benzene rings is 2. The lowest BCUT2D eigenvalue weighted by Gasteiger charge is -2.57. The van der Waals surface area contributed by atoms with Gasteiger partial charge in [0.15, 0.2) is 0 Å². The maximum Gasteiger partial charge on any atom is 0.252 e. The number of sulfonamides is 1. The highest BCUT2D eigenvalue weighted by Gasteiger charge is 2.57. The zero-order valence-electron chi connectivity index (χ0n) is 18.2. The molecule has 4 bridgehead atoms. The first-order valence-corrected chi connectivity index (χ1v) is 13.1. The molecule has 0 saturated heterocycles. The largest absolute Gasteiger partial charge is 0.322 e. The van der Waals surface area contributed by atoms with E-state index in [9.17, 15) is 18.0 Å². The van der Waals surface area contributed by atoms with Crippen LogP contribution in [0.5, 0.6) is 0 Å². The van der Waals surface area contributed by atoms with Crippen molar-refractivity contribution in [3.63, 3.8) is 0 Å². The van der Waals surface area contributed by atoms with Gasteiger partial charge >= 0.3 is 0 Å². The van der Waals surface area contributed by atoms with Crippen LogP contribution in [0, 0.1) is 23.2 Å². The van der Waals surface area contributed by atoms with E-state index >= 15 is 0 Å². The molecule has 2 aromatic carbocycles. The molecule has 1 atom stereocenters. The van der Waals surface area contributed by atoms with Gasteiger partial charge in [-0.1, -0.05) is 30.3 Å². The van der Waals surface area contributed by atoms with E-state index in [2.05, 4.69) is 5.32 Å². The van der Waals surface area contributed by atoms with Crippen molar-refractivity contribution in [1.29, 1.82) is 0 Å². The van der Waals surface area contributed by atoms with Crippen LogP contribution in [0.25, 0.3) is 0 Å². The van der Waals surface area contributed by atoms with Gasteiger partial charge in [-0.2, -0.15) is 0 Å². The zero-order chi connectivity index (χ0) is 23.0. The number of nitrogens with two attached hydrogens (primary N) is 1. The number of amides is 2. The standard InChI is InChI=1S/C25H27N3O4S/c26-33(31,32)19-6-7-21-20(11-19)27-23(29)22(18-4-2-1-3-5-18)28(21)24(30)25-12-15-8-16(13-25)10-17(9-15)14-25/h1-7,11,15-17,22H,8-10,12-14H2,(H,27,29)(H2,26,31,32). The lowest BCUT2D eigenvalue weighted by molar-refractivity contribution is -0.145. The average Bonchev–Trinajstić information content (AvgIpc) is 2.76. The van der Waals surface area contributed by atoms with Gasteiger partial charge in [0, 0.05) is 0 Å². The van der Waals surface area contributed by atoms with Crippen LogP contribution in [0.4, 0.5) is 11.4 Å². The topological polar surface area (TPSA) is 110 Å². The monoisotopic (exact) mass is 465 g/mol. The smallest absolute Gasteiger partial charge is 0.252 e. The highest BCUT2D eigenvalue weighted by atomic mass is 32.2. The van der Waals surface area contributed by atoms with Crippen LogP contribution >= 0.6 is 0 Å². The Labute approximate surface area is 193 Å². The predicted molar refractivity (Wildman–Crippen MR) is 124 cm³/mol. The fourth-order valence-corrected chi connectivity index (χ4v) is 7.79. The van der Waals surface area contributed by atoms with Crippen molar-refractivity contribution < 1.29 is 18.0 Å². The van der Waals surface area contributed by atoms with Gasteiger partial charge in [-0.05, 0) is 80.0 Å². The van der Waals surface area contributed by atoms with Gasteiger partial charge in [0.1, 0.15) is 6.04 Å². The van der Waals surface area contributed by atoms with E-state index in [0.717, 1.165) is 24.8 Å². The van der Waals surface area contributed by atoms with Crippen LogP contribution in [0.2, 0.25) is 0 Å². The number of carbonyl (C=O) groups excluding carboxylic acids is 2. The van der Waals surface area contributed by atoms with Crippen LogP contribution in [-0.4, -0.2) is 20.2 Å². The second kappa shape index (κ2) is 7.14. The van der Waals surface area contributed by atoms with Crippen molar-refractivity contribution in [3.05, 3.63) is 54.1 Å². The first-order chi connectivity index (χ1) is 15.7. The summed E-state index contributed by atoms with van der Waals surface area (Å²) in [6, 6.07) is 12.9. The van der Waals surface area contributed by atoms with Crippen LogP contribution in [0.1, 0.15) is 50.1 Å². The summed E-state index contributed by atoms with van der Waals surface area (Å²) >= 11 is 0. The Kier molecular flexibility index (Phi) is 4.52. The second-order valence-electron chi connectivity index (χ2n) is 10.4. The number of nitrogens with zero attached hydrogens (tertiary/aromatic N) is 1. The molecular weight excluding hydrogens is 438 g/mol. The lowest BCUT2D eigenvalue weighted by Crippen LogP contribution is -2.57. The molecule has 7 rings (SSSR count). The molecule has 2 amide bonds. The van der Waals surface area contributed by atoms with E-state index < -0.39 is 21.5 Å².